The van der Waals surface area contributed by atoms with E-state index >= 15 is 0 Å². The Labute approximate surface area is 147 Å². The summed E-state index contributed by atoms with van der Waals surface area (Å²) >= 11 is 0. The third kappa shape index (κ3) is 16.4. The zero-order valence-electron chi connectivity index (χ0n) is 15.1. The smallest absolute Gasteiger partial charge is 0.159 e. The van der Waals surface area contributed by atoms with Crippen molar-refractivity contribution in [2.45, 2.75) is 58.5 Å². The summed E-state index contributed by atoms with van der Waals surface area (Å²) in [6.07, 6.45) is 27.4. The van der Waals surface area contributed by atoms with Crippen molar-refractivity contribution in [2.75, 3.05) is 0 Å². The first-order chi connectivity index (χ1) is 11.7. The van der Waals surface area contributed by atoms with Crippen LogP contribution in [0.4, 0.5) is 0 Å². The number of carbonyl (C=O) groups excluding carboxylic acids is 1. The molecule has 0 aromatic heterocycles. The van der Waals surface area contributed by atoms with Gasteiger partial charge in [-0.05, 0) is 31.8 Å². The van der Waals surface area contributed by atoms with E-state index in [1.54, 1.807) is 30.4 Å². The minimum atomic E-state index is -0.477. The van der Waals surface area contributed by atoms with Crippen molar-refractivity contribution in [3.63, 3.8) is 0 Å². The number of rotatable bonds is 13. The Hall–Kier alpha value is -1.93. The fraction of sp³-hybridized carbons (Fsp3) is 0.409. The van der Waals surface area contributed by atoms with Crippen LogP contribution in [0.5, 0.6) is 0 Å². The molecule has 0 unspecified atom stereocenters. The summed E-state index contributed by atoms with van der Waals surface area (Å²) in [5.41, 5.74) is 0. The van der Waals surface area contributed by atoms with Crippen LogP contribution in [-0.2, 0) is 4.79 Å². The van der Waals surface area contributed by atoms with Crippen LogP contribution in [0.15, 0.2) is 72.9 Å². The highest BCUT2D eigenvalue weighted by Crippen LogP contribution is 1.98. The standard InChI is InChI=1S/C22H32O2/c1-3-5-7-9-10-14-18-22(24)20-16-12-11-15-19-21(23)17-13-8-6-4-2/h5,7-8,10-16,19-20,22,24H,3-4,6,9,17-18H2,1-2H3/b7-5-,12-11+,13-8-,14-10-,19-15+,20-16-/t22-/m0/s1. The van der Waals surface area contributed by atoms with Crippen LogP contribution in [0.25, 0.3) is 0 Å². The minimum Gasteiger partial charge on any atom is -0.389 e. The molecule has 24 heavy (non-hydrogen) atoms. The summed E-state index contributed by atoms with van der Waals surface area (Å²) in [6, 6.07) is 0. The Morgan fingerprint density at radius 1 is 0.917 bits per heavy atom. The molecule has 132 valence electrons. The molecule has 1 atom stereocenters. The van der Waals surface area contributed by atoms with Crippen LogP contribution in [0.3, 0.4) is 0 Å². The van der Waals surface area contributed by atoms with Gasteiger partial charge in [0.15, 0.2) is 5.78 Å². The molecule has 1 N–H and O–H groups in total. The van der Waals surface area contributed by atoms with Crippen LogP contribution >= 0.6 is 0 Å². The number of aliphatic hydroxyl groups is 1. The van der Waals surface area contributed by atoms with Gasteiger partial charge in [0.1, 0.15) is 0 Å². The van der Waals surface area contributed by atoms with Gasteiger partial charge in [-0.3, -0.25) is 4.79 Å². The monoisotopic (exact) mass is 328 g/mol. The van der Waals surface area contributed by atoms with Gasteiger partial charge in [-0.2, -0.15) is 0 Å². The summed E-state index contributed by atoms with van der Waals surface area (Å²) in [7, 11) is 0. The number of unbranched alkanes of at least 4 members (excludes halogenated alkanes) is 1. The van der Waals surface area contributed by atoms with Gasteiger partial charge in [0.25, 0.3) is 0 Å². The predicted molar refractivity (Wildman–Crippen MR) is 105 cm³/mol. The minimum absolute atomic E-state index is 0.0956. The summed E-state index contributed by atoms with van der Waals surface area (Å²) in [5, 5.41) is 9.77. The Bertz CT molecular complexity index is 476. The third-order valence-corrected chi connectivity index (χ3v) is 3.11. The van der Waals surface area contributed by atoms with Gasteiger partial charge in [0.2, 0.25) is 0 Å². The maximum absolute atomic E-state index is 11.5. The highest BCUT2D eigenvalue weighted by Gasteiger charge is 1.92. The number of ketones is 1. The summed E-state index contributed by atoms with van der Waals surface area (Å²) in [6.45, 7) is 4.22. The second-order valence-corrected chi connectivity index (χ2v) is 5.45. The van der Waals surface area contributed by atoms with E-state index in [2.05, 4.69) is 32.1 Å². The predicted octanol–water partition coefficient (Wildman–Crippen LogP) is 5.63. The van der Waals surface area contributed by atoms with Gasteiger partial charge in [-0.15, -0.1) is 0 Å². The second kappa shape index (κ2) is 17.4. The number of hydrogen-bond donors (Lipinski definition) is 1. The van der Waals surface area contributed by atoms with Crippen molar-refractivity contribution in [3.8, 4) is 0 Å². The van der Waals surface area contributed by atoms with Crippen molar-refractivity contribution in [3.05, 3.63) is 72.9 Å². The molecule has 0 aromatic carbocycles. The van der Waals surface area contributed by atoms with Crippen molar-refractivity contribution < 1.29 is 9.90 Å². The Kier molecular flexibility index (Phi) is 16.0. The van der Waals surface area contributed by atoms with Crippen molar-refractivity contribution in [1.82, 2.24) is 0 Å². The first-order valence-electron chi connectivity index (χ1n) is 8.88. The molecule has 0 heterocycles. The first-order valence-corrected chi connectivity index (χ1v) is 8.88. The Balaban J connectivity index is 3.91. The Morgan fingerprint density at radius 2 is 1.67 bits per heavy atom. The molecule has 0 amide bonds. The maximum atomic E-state index is 11.5. The summed E-state index contributed by atoms with van der Waals surface area (Å²) < 4.78 is 0. The van der Waals surface area contributed by atoms with Crippen molar-refractivity contribution in [1.29, 1.82) is 0 Å². The van der Waals surface area contributed by atoms with Gasteiger partial charge < -0.3 is 5.11 Å². The van der Waals surface area contributed by atoms with Crippen LogP contribution in [0, 0.1) is 0 Å². The van der Waals surface area contributed by atoms with Crippen LogP contribution < -0.4 is 0 Å². The van der Waals surface area contributed by atoms with E-state index in [9.17, 15) is 9.90 Å². The van der Waals surface area contributed by atoms with E-state index in [-0.39, 0.29) is 5.78 Å². The molecule has 0 bridgehead atoms. The van der Waals surface area contributed by atoms with Crippen molar-refractivity contribution in [2.24, 2.45) is 0 Å². The number of carbonyl (C=O) groups is 1. The Morgan fingerprint density at radius 3 is 2.42 bits per heavy atom. The van der Waals surface area contributed by atoms with E-state index in [0.717, 1.165) is 25.7 Å². The summed E-state index contributed by atoms with van der Waals surface area (Å²) in [5.74, 6) is 0.0956. The SMILES string of the molecule is CC/C=C\C/C=C\C[C@H](O)\C=C/C=C/C=C/C(=O)C/C=C\CCC. The summed E-state index contributed by atoms with van der Waals surface area (Å²) in [4.78, 5) is 11.5. The molecule has 0 saturated carbocycles. The first kappa shape index (κ1) is 22.1. The number of aliphatic hydroxyl groups excluding tert-OH is 1. The molecule has 0 aromatic rings. The average Bonchev–Trinajstić information content (AvgIpc) is 2.58. The van der Waals surface area contributed by atoms with Crippen molar-refractivity contribution >= 4 is 5.78 Å². The van der Waals surface area contributed by atoms with E-state index in [1.807, 2.05) is 24.3 Å². The molecule has 0 aliphatic heterocycles. The molecular weight excluding hydrogens is 296 g/mol. The molecule has 0 spiro atoms. The second-order valence-electron chi connectivity index (χ2n) is 5.45. The molecule has 0 radical (unpaired) electrons. The number of hydrogen-bond acceptors (Lipinski definition) is 2. The normalized spacial score (nSPS) is 14.5. The lowest BCUT2D eigenvalue weighted by molar-refractivity contribution is -0.113. The molecule has 2 nitrogen and oxygen atoms in total. The number of allylic oxidation sites excluding steroid dienone is 10. The molecular formula is C22H32O2. The maximum Gasteiger partial charge on any atom is 0.159 e. The van der Waals surface area contributed by atoms with Crippen LogP contribution in [-0.4, -0.2) is 17.0 Å². The van der Waals surface area contributed by atoms with Gasteiger partial charge in [-0.25, -0.2) is 0 Å². The van der Waals surface area contributed by atoms with E-state index < -0.39 is 6.10 Å². The molecule has 2 heteroatoms. The quantitative estimate of drug-likeness (QED) is 0.270. The lowest BCUT2D eigenvalue weighted by atomic mass is 10.2. The molecule has 0 aliphatic rings. The fourth-order valence-electron chi connectivity index (χ4n) is 1.79. The lowest BCUT2D eigenvalue weighted by Gasteiger charge is -1.98. The molecule has 0 fully saturated rings. The third-order valence-electron chi connectivity index (χ3n) is 3.11. The van der Waals surface area contributed by atoms with Crippen LogP contribution in [0.2, 0.25) is 0 Å². The molecule has 0 aliphatic carbocycles. The van der Waals surface area contributed by atoms with Gasteiger partial charge in [0.05, 0.1) is 6.10 Å². The van der Waals surface area contributed by atoms with Gasteiger partial charge in [0, 0.05) is 6.42 Å². The van der Waals surface area contributed by atoms with E-state index in [1.165, 1.54) is 0 Å². The van der Waals surface area contributed by atoms with Gasteiger partial charge in [-0.1, -0.05) is 87.1 Å². The fourth-order valence-corrected chi connectivity index (χ4v) is 1.79. The van der Waals surface area contributed by atoms with E-state index in [0.29, 0.717) is 12.8 Å². The average molecular weight is 328 g/mol. The van der Waals surface area contributed by atoms with E-state index in [4.69, 9.17) is 0 Å². The zero-order chi connectivity index (χ0) is 17.9. The highest BCUT2D eigenvalue weighted by atomic mass is 16.3. The van der Waals surface area contributed by atoms with Crippen LogP contribution in [0.1, 0.15) is 52.4 Å². The zero-order valence-corrected chi connectivity index (χ0v) is 15.1. The largest absolute Gasteiger partial charge is 0.389 e. The highest BCUT2D eigenvalue weighted by molar-refractivity contribution is 5.90. The topological polar surface area (TPSA) is 37.3 Å². The molecule has 0 rings (SSSR count). The lowest BCUT2D eigenvalue weighted by Crippen LogP contribution is -1.98. The van der Waals surface area contributed by atoms with Gasteiger partial charge >= 0.3 is 0 Å². The molecule has 0 saturated heterocycles.